The summed E-state index contributed by atoms with van der Waals surface area (Å²) in [6.45, 7) is 5.26. The van der Waals surface area contributed by atoms with Gasteiger partial charge in [0.1, 0.15) is 6.29 Å². The molecule has 1 heterocycles. The van der Waals surface area contributed by atoms with Crippen LogP contribution >= 0.6 is 0 Å². The Morgan fingerprint density at radius 2 is 1.73 bits per heavy atom. The zero-order valence-corrected chi connectivity index (χ0v) is 9.04. The molecule has 0 aromatic heterocycles. The number of rotatable bonds is 3. The molecule has 1 spiro atoms. The summed E-state index contributed by atoms with van der Waals surface area (Å²) in [4.78, 5) is 10.6. The fourth-order valence-electron chi connectivity index (χ4n) is 2.57. The second-order valence-corrected chi connectivity index (χ2v) is 4.54. The smallest absolute Gasteiger partial charge is 0.168 e. The van der Waals surface area contributed by atoms with E-state index in [1.165, 1.54) is 0 Å². The topological polar surface area (TPSA) is 35.5 Å². The van der Waals surface area contributed by atoms with Crippen LogP contribution in [0.5, 0.6) is 0 Å². The second-order valence-electron chi connectivity index (χ2n) is 4.54. The van der Waals surface area contributed by atoms with Gasteiger partial charge in [0.25, 0.3) is 0 Å². The lowest BCUT2D eigenvalue weighted by molar-refractivity contribution is -0.188. The maximum atomic E-state index is 10.6. The van der Waals surface area contributed by atoms with Crippen LogP contribution in [-0.4, -0.2) is 25.3 Å². The van der Waals surface area contributed by atoms with Crippen LogP contribution in [0, 0.1) is 5.41 Å². The predicted octanol–water partition coefficient (Wildman–Crippen LogP) is 2.06. The molecule has 2 rings (SSSR count). The van der Waals surface area contributed by atoms with Gasteiger partial charge in [0.05, 0.1) is 13.2 Å². The molecule has 3 nitrogen and oxygen atoms in total. The van der Waals surface area contributed by atoms with Crippen LogP contribution < -0.4 is 0 Å². The third kappa shape index (κ3) is 1.99. The highest BCUT2D eigenvalue weighted by Gasteiger charge is 2.44. The maximum Gasteiger partial charge on any atom is 0.168 e. The van der Waals surface area contributed by atoms with Gasteiger partial charge in [-0.1, -0.05) is 6.08 Å². The van der Waals surface area contributed by atoms with Crippen molar-refractivity contribution in [3.05, 3.63) is 12.7 Å². The molecule has 1 saturated heterocycles. The molecule has 1 saturated carbocycles. The summed E-state index contributed by atoms with van der Waals surface area (Å²) in [6.07, 6.45) is 7.15. The number of carbonyl (C=O) groups is 1. The van der Waals surface area contributed by atoms with Crippen molar-refractivity contribution in [3.8, 4) is 0 Å². The van der Waals surface area contributed by atoms with Gasteiger partial charge in [0.2, 0.25) is 0 Å². The molecule has 0 atom stereocenters. The summed E-state index contributed by atoms with van der Waals surface area (Å²) in [5, 5.41) is 0. The summed E-state index contributed by atoms with van der Waals surface area (Å²) in [7, 11) is 0. The molecule has 0 aromatic carbocycles. The molecule has 0 N–H and O–H groups in total. The van der Waals surface area contributed by atoms with Crippen LogP contribution in [0.15, 0.2) is 12.7 Å². The van der Waals surface area contributed by atoms with E-state index < -0.39 is 0 Å². The third-order valence-corrected chi connectivity index (χ3v) is 3.74. The van der Waals surface area contributed by atoms with Crippen molar-refractivity contribution in [2.45, 2.75) is 37.9 Å². The van der Waals surface area contributed by atoms with E-state index >= 15 is 0 Å². The first-order valence-corrected chi connectivity index (χ1v) is 5.59. The van der Waals surface area contributed by atoms with E-state index in [2.05, 4.69) is 6.58 Å². The number of ether oxygens (including phenoxy) is 2. The van der Waals surface area contributed by atoms with E-state index in [0.29, 0.717) is 19.6 Å². The second kappa shape index (κ2) is 4.06. The Hall–Kier alpha value is -0.670. The Morgan fingerprint density at radius 3 is 2.20 bits per heavy atom. The first kappa shape index (κ1) is 10.8. The van der Waals surface area contributed by atoms with Crippen LogP contribution in [-0.2, 0) is 14.3 Å². The van der Waals surface area contributed by atoms with Gasteiger partial charge in [0.15, 0.2) is 5.79 Å². The lowest BCUT2D eigenvalue weighted by Crippen LogP contribution is -2.39. The Kier molecular flexibility index (Phi) is 2.94. The molecular formula is C12H18O3. The number of allylic oxidation sites excluding steroid dienone is 1. The van der Waals surface area contributed by atoms with Gasteiger partial charge in [-0.25, -0.2) is 0 Å². The molecule has 0 bridgehead atoms. The highest BCUT2D eigenvalue weighted by molar-refractivity contribution is 5.51. The largest absolute Gasteiger partial charge is 0.348 e. The van der Waals surface area contributed by atoms with E-state index in [1.54, 1.807) is 0 Å². The minimum absolute atomic E-state index is 0.0116. The quantitative estimate of drug-likeness (QED) is 0.528. The summed E-state index contributed by atoms with van der Waals surface area (Å²) in [6, 6.07) is 0. The molecule has 2 aliphatic rings. The summed E-state index contributed by atoms with van der Waals surface area (Å²) in [5.74, 6) is -0.338. The number of hydrogen-bond acceptors (Lipinski definition) is 3. The molecule has 15 heavy (non-hydrogen) atoms. The molecular weight excluding hydrogens is 192 g/mol. The highest BCUT2D eigenvalue weighted by atomic mass is 16.7. The lowest BCUT2D eigenvalue weighted by Gasteiger charge is -2.41. The number of aldehydes is 1. The van der Waals surface area contributed by atoms with Crippen LogP contribution in [0.1, 0.15) is 32.1 Å². The van der Waals surface area contributed by atoms with Gasteiger partial charge in [-0.15, -0.1) is 6.58 Å². The van der Waals surface area contributed by atoms with E-state index in [-0.39, 0.29) is 11.2 Å². The van der Waals surface area contributed by atoms with Crippen molar-refractivity contribution < 1.29 is 14.3 Å². The first-order valence-electron chi connectivity index (χ1n) is 5.59. The molecule has 2 fully saturated rings. The molecule has 0 radical (unpaired) electrons. The van der Waals surface area contributed by atoms with Gasteiger partial charge >= 0.3 is 0 Å². The molecule has 84 valence electrons. The standard InChI is InChI=1S/C12H18O3/c1-2-11(7-8-13)3-5-12(6-4-11)14-9-10-15-12/h2,8H,1,3-7,9-10H2. The number of hydrogen-bond donors (Lipinski definition) is 0. The Balaban J connectivity index is 2.00. The van der Waals surface area contributed by atoms with Crippen LogP contribution in [0.3, 0.4) is 0 Å². The van der Waals surface area contributed by atoms with Crippen molar-refractivity contribution in [3.63, 3.8) is 0 Å². The monoisotopic (exact) mass is 210 g/mol. The van der Waals surface area contributed by atoms with Crippen molar-refractivity contribution in [1.29, 1.82) is 0 Å². The summed E-state index contributed by atoms with van der Waals surface area (Å²) in [5.41, 5.74) is -0.0116. The summed E-state index contributed by atoms with van der Waals surface area (Å²) >= 11 is 0. The van der Waals surface area contributed by atoms with E-state index in [0.717, 1.165) is 32.0 Å². The predicted molar refractivity (Wildman–Crippen MR) is 56.4 cm³/mol. The minimum Gasteiger partial charge on any atom is -0.348 e. The van der Waals surface area contributed by atoms with Crippen molar-refractivity contribution in [2.75, 3.05) is 13.2 Å². The highest BCUT2D eigenvalue weighted by Crippen LogP contribution is 2.46. The van der Waals surface area contributed by atoms with Gasteiger partial charge in [-0.05, 0) is 18.3 Å². The average Bonchev–Trinajstić information content (AvgIpc) is 2.72. The Bertz CT molecular complexity index is 244. The Morgan fingerprint density at radius 1 is 1.13 bits per heavy atom. The molecule has 0 aromatic rings. The fraction of sp³-hybridized carbons (Fsp3) is 0.750. The molecule has 1 aliphatic heterocycles. The van der Waals surface area contributed by atoms with Crippen molar-refractivity contribution >= 4 is 6.29 Å². The zero-order chi connectivity index (χ0) is 10.8. The van der Waals surface area contributed by atoms with Crippen molar-refractivity contribution in [1.82, 2.24) is 0 Å². The first-order chi connectivity index (χ1) is 7.24. The fourth-order valence-corrected chi connectivity index (χ4v) is 2.57. The maximum absolute atomic E-state index is 10.6. The van der Waals surface area contributed by atoms with Crippen molar-refractivity contribution in [2.24, 2.45) is 5.41 Å². The normalized spacial score (nSPS) is 27.7. The van der Waals surface area contributed by atoms with Gasteiger partial charge in [0, 0.05) is 19.3 Å². The molecule has 1 aliphatic carbocycles. The van der Waals surface area contributed by atoms with Crippen LogP contribution in [0.25, 0.3) is 0 Å². The van der Waals surface area contributed by atoms with E-state index in [4.69, 9.17) is 9.47 Å². The van der Waals surface area contributed by atoms with Gasteiger partial charge in [-0.2, -0.15) is 0 Å². The van der Waals surface area contributed by atoms with Gasteiger partial charge in [-0.3, -0.25) is 0 Å². The molecule has 3 heteroatoms. The summed E-state index contributed by atoms with van der Waals surface area (Å²) < 4.78 is 11.3. The van der Waals surface area contributed by atoms with E-state index in [9.17, 15) is 4.79 Å². The zero-order valence-electron chi connectivity index (χ0n) is 9.04. The lowest BCUT2D eigenvalue weighted by atomic mass is 9.70. The number of carbonyl (C=O) groups excluding carboxylic acids is 1. The van der Waals surface area contributed by atoms with Crippen LogP contribution in [0.4, 0.5) is 0 Å². The van der Waals surface area contributed by atoms with E-state index in [1.807, 2.05) is 6.08 Å². The minimum atomic E-state index is -0.338. The SMILES string of the molecule is C=CC1(CC=O)CCC2(CC1)OCCO2. The molecule has 0 amide bonds. The average molecular weight is 210 g/mol. The molecule has 0 unspecified atom stereocenters. The van der Waals surface area contributed by atoms with Gasteiger partial charge < -0.3 is 14.3 Å². The third-order valence-electron chi connectivity index (χ3n) is 3.74. The Labute approximate surface area is 90.4 Å². The van der Waals surface area contributed by atoms with Crippen LogP contribution in [0.2, 0.25) is 0 Å².